The highest BCUT2D eigenvalue weighted by Crippen LogP contribution is 2.15. The van der Waals surface area contributed by atoms with Gasteiger partial charge < -0.3 is 9.84 Å². The van der Waals surface area contributed by atoms with E-state index in [1.54, 1.807) is 0 Å². The predicted molar refractivity (Wildman–Crippen MR) is 111 cm³/mol. The third-order valence-electron chi connectivity index (χ3n) is 5.29. The summed E-state index contributed by atoms with van der Waals surface area (Å²) in [5.41, 5.74) is 0. The molecule has 3 nitrogen and oxygen atoms in total. The number of aliphatic hydroxyl groups excluding tert-OH is 1. The Morgan fingerprint density at radius 2 is 1.08 bits per heavy atom. The van der Waals surface area contributed by atoms with Gasteiger partial charge in [-0.05, 0) is 19.3 Å². The van der Waals surface area contributed by atoms with E-state index in [1.807, 2.05) is 0 Å². The minimum atomic E-state index is -0.0745. The summed E-state index contributed by atoms with van der Waals surface area (Å²) < 4.78 is 4.64. The van der Waals surface area contributed by atoms with Gasteiger partial charge in [0.2, 0.25) is 0 Å². The summed E-state index contributed by atoms with van der Waals surface area (Å²) >= 11 is 0. The maximum atomic E-state index is 11.0. The second kappa shape index (κ2) is 20.7. The first kappa shape index (κ1) is 25.4. The second-order valence-corrected chi connectivity index (χ2v) is 7.86. The van der Waals surface area contributed by atoms with Crippen molar-refractivity contribution >= 4 is 5.97 Å². The smallest absolute Gasteiger partial charge is 0.305 e. The van der Waals surface area contributed by atoms with Gasteiger partial charge in [-0.2, -0.15) is 0 Å². The number of methoxy groups -OCH3 is 1. The number of hydrogen-bond acceptors (Lipinski definition) is 3. The van der Waals surface area contributed by atoms with Crippen LogP contribution in [0, 0.1) is 0 Å². The molecule has 0 aromatic carbocycles. The van der Waals surface area contributed by atoms with Crippen LogP contribution >= 0.6 is 0 Å². The van der Waals surface area contributed by atoms with E-state index in [9.17, 15) is 9.90 Å². The summed E-state index contributed by atoms with van der Waals surface area (Å²) in [6, 6.07) is 0. The molecule has 0 aliphatic carbocycles. The van der Waals surface area contributed by atoms with Gasteiger partial charge in [0.25, 0.3) is 0 Å². The van der Waals surface area contributed by atoms with Gasteiger partial charge in [0.1, 0.15) is 0 Å². The van der Waals surface area contributed by atoms with Crippen LogP contribution < -0.4 is 0 Å². The molecule has 0 rings (SSSR count). The van der Waals surface area contributed by atoms with Crippen molar-refractivity contribution in [2.75, 3.05) is 7.11 Å². The van der Waals surface area contributed by atoms with Crippen molar-refractivity contribution in [3.8, 4) is 0 Å². The maximum absolute atomic E-state index is 11.0. The lowest BCUT2D eigenvalue weighted by Gasteiger charge is -2.09. The number of carbonyl (C=O) groups excluding carboxylic acids is 1. The van der Waals surface area contributed by atoms with Gasteiger partial charge in [-0.15, -0.1) is 0 Å². The average Bonchev–Trinajstić information content (AvgIpc) is 2.65. The first-order valence-electron chi connectivity index (χ1n) is 11.5. The standard InChI is InChI=1S/C23H46O3/c1-3-4-19-22(24)20-17-15-13-11-9-7-5-6-8-10-12-14-16-18-21-23(25)26-2/h22,24H,3-21H2,1-2H3. The molecule has 0 aromatic heterocycles. The van der Waals surface area contributed by atoms with Gasteiger partial charge in [0.15, 0.2) is 0 Å². The van der Waals surface area contributed by atoms with E-state index in [0.29, 0.717) is 6.42 Å². The number of rotatable bonds is 20. The summed E-state index contributed by atoms with van der Waals surface area (Å²) in [5, 5.41) is 9.80. The lowest BCUT2D eigenvalue weighted by atomic mass is 10.0. The fourth-order valence-corrected chi connectivity index (χ4v) is 3.46. The van der Waals surface area contributed by atoms with Crippen molar-refractivity contribution in [2.24, 2.45) is 0 Å². The molecule has 0 amide bonds. The van der Waals surface area contributed by atoms with Crippen LogP contribution in [0.15, 0.2) is 0 Å². The Morgan fingerprint density at radius 3 is 1.50 bits per heavy atom. The van der Waals surface area contributed by atoms with Crippen molar-refractivity contribution in [1.29, 1.82) is 0 Å². The van der Waals surface area contributed by atoms with Crippen LogP contribution in [-0.2, 0) is 9.53 Å². The number of ether oxygens (including phenoxy) is 1. The van der Waals surface area contributed by atoms with E-state index in [0.717, 1.165) is 32.1 Å². The molecule has 0 heterocycles. The zero-order valence-electron chi connectivity index (χ0n) is 17.8. The van der Waals surface area contributed by atoms with Gasteiger partial charge in [-0.3, -0.25) is 4.79 Å². The molecule has 156 valence electrons. The summed E-state index contributed by atoms with van der Waals surface area (Å²) in [4.78, 5) is 11.0. The Labute approximate surface area is 163 Å². The molecular formula is C23H46O3. The zero-order chi connectivity index (χ0) is 19.3. The SMILES string of the molecule is CCCCC(O)CCCCCCCCCCCCCCCCC(=O)OC. The topological polar surface area (TPSA) is 46.5 Å². The van der Waals surface area contributed by atoms with Crippen LogP contribution in [0.3, 0.4) is 0 Å². The number of unbranched alkanes of at least 4 members (excludes halogenated alkanes) is 14. The van der Waals surface area contributed by atoms with Crippen molar-refractivity contribution in [3.05, 3.63) is 0 Å². The fraction of sp³-hybridized carbons (Fsp3) is 0.957. The highest BCUT2D eigenvalue weighted by atomic mass is 16.5. The number of hydrogen-bond donors (Lipinski definition) is 1. The van der Waals surface area contributed by atoms with Gasteiger partial charge >= 0.3 is 5.97 Å². The summed E-state index contributed by atoms with van der Waals surface area (Å²) in [7, 11) is 1.46. The monoisotopic (exact) mass is 370 g/mol. The molecule has 0 bridgehead atoms. The van der Waals surface area contributed by atoms with Gasteiger partial charge in [0.05, 0.1) is 13.2 Å². The first-order valence-corrected chi connectivity index (χ1v) is 11.5. The lowest BCUT2D eigenvalue weighted by Crippen LogP contribution is -2.05. The number of esters is 1. The third kappa shape index (κ3) is 19.8. The number of aliphatic hydroxyl groups is 1. The van der Waals surface area contributed by atoms with Gasteiger partial charge in [-0.1, -0.05) is 103 Å². The highest BCUT2D eigenvalue weighted by molar-refractivity contribution is 5.68. The van der Waals surface area contributed by atoms with Crippen molar-refractivity contribution in [3.63, 3.8) is 0 Å². The minimum absolute atomic E-state index is 0.0530. The quantitative estimate of drug-likeness (QED) is 0.186. The molecule has 26 heavy (non-hydrogen) atoms. The van der Waals surface area contributed by atoms with Crippen molar-refractivity contribution < 1.29 is 14.6 Å². The summed E-state index contributed by atoms with van der Waals surface area (Å²) in [6.07, 6.45) is 23.0. The van der Waals surface area contributed by atoms with E-state index in [-0.39, 0.29) is 12.1 Å². The second-order valence-electron chi connectivity index (χ2n) is 7.86. The molecule has 1 N–H and O–H groups in total. The van der Waals surface area contributed by atoms with Crippen molar-refractivity contribution in [1.82, 2.24) is 0 Å². The molecule has 0 spiro atoms. The van der Waals surface area contributed by atoms with Crippen LogP contribution in [0.1, 0.15) is 129 Å². The van der Waals surface area contributed by atoms with E-state index in [4.69, 9.17) is 0 Å². The van der Waals surface area contributed by atoms with Crippen LogP contribution in [-0.4, -0.2) is 24.3 Å². The Hall–Kier alpha value is -0.570. The highest BCUT2D eigenvalue weighted by Gasteiger charge is 2.02. The van der Waals surface area contributed by atoms with Crippen LogP contribution in [0.25, 0.3) is 0 Å². The van der Waals surface area contributed by atoms with Gasteiger partial charge in [0, 0.05) is 6.42 Å². The Bertz CT molecular complexity index is 291. The third-order valence-corrected chi connectivity index (χ3v) is 5.29. The molecule has 1 unspecified atom stereocenters. The molecular weight excluding hydrogens is 324 g/mol. The van der Waals surface area contributed by atoms with E-state index in [1.165, 1.54) is 90.6 Å². The average molecular weight is 371 g/mol. The molecule has 0 saturated heterocycles. The molecule has 0 aliphatic rings. The molecule has 0 aromatic rings. The molecule has 0 aliphatic heterocycles. The van der Waals surface area contributed by atoms with E-state index < -0.39 is 0 Å². The summed E-state index contributed by atoms with van der Waals surface area (Å²) in [5.74, 6) is -0.0745. The molecule has 0 radical (unpaired) electrons. The Balaban J connectivity index is 3.08. The predicted octanol–water partition coefficient (Wildman–Crippen LogP) is 6.95. The fourth-order valence-electron chi connectivity index (χ4n) is 3.46. The molecule has 0 saturated carbocycles. The molecule has 1 atom stereocenters. The lowest BCUT2D eigenvalue weighted by molar-refractivity contribution is -0.140. The van der Waals surface area contributed by atoms with Crippen LogP contribution in [0.2, 0.25) is 0 Å². The molecule has 0 fully saturated rings. The Kier molecular flexibility index (Phi) is 20.3. The maximum Gasteiger partial charge on any atom is 0.305 e. The van der Waals surface area contributed by atoms with Crippen LogP contribution in [0.5, 0.6) is 0 Å². The first-order chi connectivity index (χ1) is 12.7. The molecule has 3 heteroatoms. The van der Waals surface area contributed by atoms with Crippen molar-refractivity contribution in [2.45, 2.75) is 135 Å². The zero-order valence-corrected chi connectivity index (χ0v) is 17.8. The summed E-state index contributed by atoms with van der Waals surface area (Å²) in [6.45, 7) is 2.18. The number of carbonyl (C=O) groups is 1. The largest absolute Gasteiger partial charge is 0.469 e. The van der Waals surface area contributed by atoms with Gasteiger partial charge in [-0.25, -0.2) is 0 Å². The Morgan fingerprint density at radius 1 is 0.692 bits per heavy atom. The van der Waals surface area contributed by atoms with Crippen LogP contribution in [0.4, 0.5) is 0 Å². The minimum Gasteiger partial charge on any atom is -0.469 e. The normalized spacial score (nSPS) is 12.3. The van der Waals surface area contributed by atoms with E-state index in [2.05, 4.69) is 11.7 Å². The van der Waals surface area contributed by atoms with E-state index >= 15 is 0 Å².